The highest BCUT2D eigenvalue weighted by Gasteiger charge is 2.56. The number of benzene rings is 4. The summed E-state index contributed by atoms with van der Waals surface area (Å²) >= 11 is 8.06. The number of nitrogens with zero attached hydrogens (tertiary/aromatic N) is 1. The zero-order valence-electron chi connectivity index (χ0n) is 33.1. The first kappa shape index (κ1) is 41.5. The van der Waals surface area contributed by atoms with E-state index in [1.54, 1.807) is 12.1 Å². The highest BCUT2D eigenvalue weighted by Crippen LogP contribution is 2.48. The van der Waals surface area contributed by atoms with Crippen LogP contribution in [0.4, 0.5) is 0 Å². The Bertz CT molecular complexity index is 2230. The molecule has 3 N–H and O–H groups in total. The van der Waals surface area contributed by atoms with Crippen LogP contribution in [0.5, 0.6) is 5.75 Å². The van der Waals surface area contributed by atoms with Gasteiger partial charge in [-0.3, -0.25) is 14.5 Å². The Hall–Kier alpha value is -4.61. The number of fused-ring (bicyclic) bond motifs is 1. The van der Waals surface area contributed by atoms with Crippen molar-refractivity contribution in [2.75, 3.05) is 13.2 Å². The molecule has 2 heterocycles. The van der Waals surface area contributed by atoms with Crippen LogP contribution < -0.4 is 10.4 Å². The number of carbonyl (C=O) groups excluding carboxylic acids is 2. The van der Waals surface area contributed by atoms with Crippen LogP contribution in [0.15, 0.2) is 138 Å². The van der Waals surface area contributed by atoms with Crippen molar-refractivity contribution in [3.8, 4) is 5.75 Å². The molecule has 1 aliphatic heterocycles. The predicted octanol–water partition coefficient (Wildman–Crippen LogP) is 8.48. The van der Waals surface area contributed by atoms with E-state index in [-0.39, 0.29) is 48.6 Å². The highest BCUT2D eigenvalue weighted by molar-refractivity contribution is 7.09. The molecule has 10 heteroatoms. The maximum Gasteiger partial charge on any atom is 0.261 e. The summed E-state index contributed by atoms with van der Waals surface area (Å²) in [6, 6.07) is 39.1. The van der Waals surface area contributed by atoms with Crippen molar-refractivity contribution < 1.29 is 29.3 Å². The number of thiophene rings is 1. The van der Waals surface area contributed by atoms with Crippen molar-refractivity contribution in [3.63, 3.8) is 0 Å². The minimum Gasteiger partial charge on any atom is -0.508 e. The van der Waals surface area contributed by atoms with Gasteiger partial charge >= 0.3 is 0 Å². The van der Waals surface area contributed by atoms with Gasteiger partial charge in [0, 0.05) is 10.8 Å². The number of aromatic hydroxyl groups is 1. The number of aliphatic hydroxyl groups excluding tert-OH is 2. The summed E-state index contributed by atoms with van der Waals surface area (Å²) in [5.41, 5.74) is 3.93. The van der Waals surface area contributed by atoms with Crippen LogP contribution in [0.1, 0.15) is 56.0 Å². The third kappa shape index (κ3) is 8.30. The summed E-state index contributed by atoms with van der Waals surface area (Å²) in [4.78, 5) is 30.8. The first-order valence-corrected chi connectivity index (χ1v) is 23.0. The average molecular weight is 833 g/mol. The molecule has 0 bridgehead atoms. The molecule has 2 aliphatic rings. The monoisotopic (exact) mass is 831 g/mol. The molecule has 1 saturated heterocycles. The second-order valence-electron chi connectivity index (χ2n) is 16.3. The molecule has 4 aromatic carbocycles. The number of phenols is 1. The van der Waals surface area contributed by atoms with Gasteiger partial charge in [0.15, 0.2) is 0 Å². The van der Waals surface area contributed by atoms with Crippen LogP contribution in [-0.2, 0) is 20.6 Å². The SMILES string of the molecule is CC(C)(C)[Si](OCC1=C([C@H](O)CC/C(=C/c2ccc(O)cc2Cl)c2ccccc2)[C@H](CO)[C@@H]2C(=O)N(Cc3cccs3)C(=O)[C@@H]2C1)(c1ccccc1)c1ccccc1. The van der Waals surface area contributed by atoms with Crippen molar-refractivity contribution in [1.29, 1.82) is 0 Å². The number of amides is 2. The van der Waals surface area contributed by atoms with Gasteiger partial charge in [-0.05, 0) is 98.2 Å². The van der Waals surface area contributed by atoms with Gasteiger partial charge in [-0.2, -0.15) is 0 Å². The zero-order valence-corrected chi connectivity index (χ0v) is 35.6. The number of hydrogen-bond donors (Lipinski definition) is 3. The van der Waals surface area contributed by atoms with Crippen LogP contribution in [0, 0.1) is 17.8 Å². The van der Waals surface area contributed by atoms with E-state index < -0.39 is 38.8 Å². The number of halogens is 1. The maximum atomic E-state index is 14.3. The lowest BCUT2D eigenvalue weighted by Crippen LogP contribution is -2.66. The number of rotatable bonds is 14. The number of hydrogen-bond acceptors (Lipinski definition) is 7. The third-order valence-corrected chi connectivity index (χ3v) is 17.9. The first-order chi connectivity index (χ1) is 27.9. The number of aliphatic hydroxyl groups is 2. The zero-order chi connectivity index (χ0) is 41.0. The Morgan fingerprint density at radius 3 is 2.12 bits per heavy atom. The van der Waals surface area contributed by atoms with Crippen LogP contribution in [0.3, 0.4) is 0 Å². The topological polar surface area (TPSA) is 107 Å². The Morgan fingerprint density at radius 1 is 0.914 bits per heavy atom. The summed E-state index contributed by atoms with van der Waals surface area (Å²) in [7, 11) is -3.06. The van der Waals surface area contributed by atoms with E-state index >= 15 is 0 Å². The molecular formula is C48H50ClNO6SSi. The summed E-state index contributed by atoms with van der Waals surface area (Å²) < 4.78 is 7.43. The second-order valence-corrected chi connectivity index (χ2v) is 22.0. The van der Waals surface area contributed by atoms with Gasteiger partial charge in [0.1, 0.15) is 5.75 Å². The predicted molar refractivity (Wildman–Crippen MR) is 235 cm³/mol. The quantitative estimate of drug-likeness (QED) is 0.0449. The van der Waals surface area contributed by atoms with E-state index in [0.717, 1.165) is 37.5 Å². The molecule has 300 valence electrons. The lowest BCUT2D eigenvalue weighted by atomic mass is 9.68. The summed E-state index contributed by atoms with van der Waals surface area (Å²) in [6.45, 7) is 6.50. The molecule has 0 saturated carbocycles. The van der Waals surface area contributed by atoms with Gasteiger partial charge in [0.2, 0.25) is 11.8 Å². The first-order valence-electron chi connectivity index (χ1n) is 19.8. The smallest absolute Gasteiger partial charge is 0.261 e. The summed E-state index contributed by atoms with van der Waals surface area (Å²) in [5, 5.41) is 37.9. The van der Waals surface area contributed by atoms with Crippen molar-refractivity contribution in [1.82, 2.24) is 4.90 Å². The number of carbonyl (C=O) groups is 2. The summed E-state index contributed by atoms with van der Waals surface area (Å²) in [5.74, 6) is -2.78. The maximum absolute atomic E-state index is 14.3. The molecule has 1 aliphatic carbocycles. The van der Waals surface area contributed by atoms with Crippen molar-refractivity contribution in [3.05, 3.63) is 159 Å². The number of phenolic OH excluding ortho intramolecular Hbond substituents is 1. The van der Waals surface area contributed by atoms with E-state index in [1.165, 1.54) is 22.3 Å². The third-order valence-electron chi connectivity index (χ3n) is 11.8. The van der Waals surface area contributed by atoms with Gasteiger partial charge in [-0.15, -0.1) is 11.3 Å². The van der Waals surface area contributed by atoms with E-state index in [1.807, 2.05) is 90.3 Å². The van der Waals surface area contributed by atoms with E-state index in [0.29, 0.717) is 17.0 Å². The molecule has 7 nitrogen and oxygen atoms in total. The van der Waals surface area contributed by atoms with Crippen LogP contribution >= 0.6 is 22.9 Å². The van der Waals surface area contributed by atoms with Crippen molar-refractivity contribution >= 4 is 65.1 Å². The van der Waals surface area contributed by atoms with Gasteiger partial charge in [0.05, 0.1) is 42.7 Å². The standard InChI is InChI=1S/C48H50ClNO6SSi/c1-48(2,3)58(38-17-9-5-10-18-38,39-19-11-6-12-20-39)56-31-35-27-40-45(47(55)50(46(40)54)29-37-16-13-25-57-37)41(30-51)44(35)43(53)24-22-33(32-14-7-4-8-15-32)26-34-21-23-36(52)28-42(34)49/h4-21,23,25-26,28,40-41,43,45,51-53H,22,24,27,29-31H2,1-3H3/b33-26-/t40-,41+,43-,45-/m1/s1. The molecule has 7 rings (SSSR count). The Labute approximate surface area is 351 Å². The summed E-state index contributed by atoms with van der Waals surface area (Å²) in [6.07, 6.45) is 1.84. The largest absolute Gasteiger partial charge is 0.508 e. The average Bonchev–Trinajstić information content (AvgIpc) is 3.83. The molecule has 2 amide bonds. The lowest BCUT2D eigenvalue weighted by molar-refractivity contribution is -0.140. The fourth-order valence-corrected chi connectivity index (χ4v) is 14.5. The number of allylic oxidation sites excluding steroid dienone is 1. The van der Waals surface area contributed by atoms with Crippen LogP contribution in [0.2, 0.25) is 10.1 Å². The molecule has 0 radical (unpaired) electrons. The normalized spacial score (nSPS) is 19.4. The van der Waals surface area contributed by atoms with Gasteiger partial charge in [0.25, 0.3) is 8.32 Å². The van der Waals surface area contributed by atoms with E-state index in [4.69, 9.17) is 16.0 Å². The second kappa shape index (κ2) is 17.7. The Balaban J connectivity index is 1.30. The molecule has 1 aromatic heterocycles. The van der Waals surface area contributed by atoms with Crippen molar-refractivity contribution in [2.24, 2.45) is 17.8 Å². The molecule has 0 unspecified atom stereocenters. The molecule has 58 heavy (non-hydrogen) atoms. The Morgan fingerprint density at radius 2 is 1.55 bits per heavy atom. The minimum absolute atomic E-state index is 0.0677. The van der Waals surface area contributed by atoms with Gasteiger partial charge in [-0.1, -0.05) is 129 Å². The van der Waals surface area contributed by atoms with E-state index in [2.05, 4.69) is 45.0 Å². The molecule has 1 fully saturated rings. The lowest BCUT2D eigenvalue weighted by Gasteiger charge is -2.44. The fourth-order valence-electron chi connectivity index (χ4n) is 9.05. The van der Waals surface area contributed by atoms with Crippen molar-refractivity contribution in [2.45, 2.75) is 57.7 Å². The number of imide groups is 1. The number of likely N-dealkylation sites (tertiary alicyclic amines) is 1. The van der Waals surface area contributed by atoms with E-state index in [9.17, 15) is 24.9 Å². The van der Waals surface area contributed by atoms with Gasteiger partial charge < -0.3 is 19.7 Å². The minimum atomic E-state index is -3.06. The van der Waals surface area contributed by atoms with Crippen LogP contribution in [0.25, 0.3) is 11.6 Å². The van der Waals surface area contributed by atoms with Gasteiger partial charge in [-0.25, -0.2) is 0 Å². The molecule has 4 atom stereocenters. The Kier molecular flexibility index (Phi) is 12.7. The molecule has 5 aromatic rings. The highest BCUT2D eigenvalue weighted by atomic mass is 35.5. The van der Waals surface area contributed by atoms with Crippen LogP contribution in [-0.4, -0.2) is 59.7 Å². The fraction of sp³-hybridized carbons (Fsp3) is 0.292. The molecular weight excluding hydrogens is 782 g/mol. The molecule has 0 spiro atoms.